The van der Waals surface area contributed by atoms with E-state index in [2.05, 4.69) is 4.74 Å². The van der Waals surface area contributed by atoms with Gasteiger partial charge in [-0.1, -0.05) is 0 Å². The van der Waals surface area contributed by atoms with Crippen LogP contribution >= 0.6 is 0 Å². The Morgan fingerprint density at radius 3 is 2.64 bits per heavy atom. The normalized spacial score (nSPS) is 26.9. The lowest BCUT2D eigenvalue weighted by Gasteiger charge is -2.11. The molecule has 1 rings (SSSR count). The Bertz CT molecular complexity index is 187. The fraction of sp³-hybridized carbons (Fsp3) is 0.667. The van der Waals surface area contributed by atoms with E-state index in [-0.39, 0.29) is 6.42 Å². The Labute approximate surface area is 62.6 Å². The van der Waals surface area contributed by atoms with Gasteiger partial charge in [-0.3, -0.25) is 9.59 Å². The van der Waals surface area contributed by atoms with Crippen molar-refractivity contribution in [2.24, 2.45) is 0 Å². The van der Waals surface area contributed by atoms with E-state index in [0.29, 0.717) is 0 Å². The molecule has 0 aliphatic carbocycles. The molecular formula is C6H8O5. The van der Waals surface area contributed by atoms with Crippen LogP contribution in [0.3, 0.4) is 0 Å². The maximum atomic E-state index is 10.8. The van der Waals surface area contributed by atoms with E-state index in [1.165, 1.54) is 0 Å². The van der Waals surface area contributed by atoms with E-state index in [4.69, 9.17) is 10.2 Å². The maximum absolute atomic E-state index is 10.8. The van der Waals surface area contributed by atoms with Gasteiger partial charge in [0.1, 0.15) is 12.5 Å². The monoisotopic (exact) mass is 160 g/mol. The van der Waals surface area contributed by atoms with Crippen LogP contribution < -0.4 is 0 Å². The summed E-state index contributed by atoms with van der Waals surface area (Å²) in [5.41, 5.74) is 0. The van der Waals surface area contributed by atoms with Crippen molar-refractivity contribution < 1.29 is 24.5 Å². The number of cyclic esters (lactones) is 1. The summed E-state index contributed by atoms with van der Waals surface area (Å²) in [6.07, 6.45) is -2.75. The minimum atomic E-state index is -1.28. The van der Waals surface area contributed by atoms with Gasteiger partial charge in [0.2, 0.25) is 0 Å². The molecule has 0 amide bonds. The highest BCUT2D eigenvalue weighted by atomic mass is 16.6. The predicted molar refractivity (Wildman–Crippen MR) is 32.6 cm³/mol. The topological polar surface area (TPSA) is 83.8 Å². The van der Waals surface area contributed by atoms with Gasteiger partial charge in [-0.2, -0.15) is 0 Å². The molecule has 1 fully saturated rings. The van der Waals surface area contributed by atoms with Gasteiger partial charge < -0.3 is 14.9 Å². The number of ether oxygens (including phenoxy) is 1. The SMILES string of the molecule is O=C1CC(=O)C(C(O)CO)O1. The number of aliphatic hydroxyl groups excluding tert-OH is 2. The molecule has 0 spiro atoms. The molecule has 0 saturated carbocycles. The van der Waals surface area contributed by atoms with Gasteiger partial charge in [-0.05, 0) is 0 Å². The van der Waals surface area contributed by atoms with Crippen LogP contribution in [-0.4, -0.2) is 40.8 Å². The van der Waals surface area contributed by atoms with Crippen molar-refractivity contribution in [1.82, 2.24) is 0 Å². The zero-order chi connectivity index (χ0) is 8.43. The van der Waals surface area contributed by atoms with E-state index >= 15 is 0 Å². The van der Waals surface area contributed by atoms with Gasteiger partial charge in [0, 0.05) is 0 Å². The Morgan fingerprint density at radius 2 is 2.27 bits per heavy atom. The van der Waals surface area contributed by atoms with Crippen molar-refractivity contribution >= 4 is 11.8 Å². The number of rotatable bonds is 2. The van der Waals surface area contributed by atoms with Crippen LogP contribution in [0.1, 0.15) is 6.42 Å². The number of Topliss-reactive ketones (excluding diaryl/α,β-unsaturated/α-hetero) is 1. The highest BCUT2D eigenvalue weighted by molar-refractivity contribution is 6.03. The molecule has 0 radical (unpaired) electrons. The number of carbonyl (C=O) groups excluding carboxylic acids is 2. The molecule has 62 valence electrons. The molecule has 11 heavy (non-hydrogen) atoms. The third-order valence-corrected chi connectivity index (χ3v) is 1.43. The lowest BCUT2D eigenvalue weighted by Crippen LogP contribution is -2.34. The summed E-state index contributed by atoms with van der Waals surface area (Å²) in [5, 5.41) is 17.3. The molecule has 1 aliphatic rings. The average molecular weight is 160 g/mol. The number of esters is 1. The highest BCUT2D eigenvalue weighted by Crippen LogP contribution is 2.12. The minimum Gasteiger partial charge on any atom is -0.451 e. The minimum absolute atomic E-state index is 0.304. The fourth-order valence-electron chi connectivity index (χ4n) is 0.881. The zero-order valence-electron chi connectivity index (χ0n) is 5.69. The summed E-state index contributed by atoms with van der Waals surface area (Å²) < 4.78 is 4.43. The predicted octanol–water partition coefficient (Wildman–Crippen LogP) is -1.78. The molecule has 1 saturated heterocycles. The zero-order valence-corrected chi connectivity index (χ0v) is 5.69. The molecule has 0 bridgehead atoms. The van der Waals surface area contributed by atoms with E-state index in [0.717, 1.165) is 0 Å². The molecule has 2 N–H and O–H groups in total. The van der Waals surface area contributed by atoms with Gasteiger partial charge in [0.25, 0.3) is 0 Å². The summed E-state index contributed by atoms with van der Waals surface area (Å²) >= 11 is 0. The highest BCUT2D eigenvalue weighted by Gasteiger charge is 2.37. The van der Waals surface area contributed by atoms with E-state index in [9.17, 15) is 9.59 Å². The summed E-state index contributed by atoms with van der Waals surface area (Å²) in [4.78, 5) is 21.2. The van der Waals surface area contributed by atoms with Gasteiger partial charge in [-0.15, -0.1) is 0 Å². The molecule has 0 aromatic heterocycles. The summed E-state index contributed by atoms with van der Waals surface area (Å²) in [7, 11) is 0. The van der Waals surface area contributed by atoms with Crippen LogP contribution in [0.15, 0.2) is 0 Å². The third kappa shape index (κ3) is 1.55. The Morgan fingerprint density at radius 1 is 1.64 bits per heavy atom. The fourth-order valence-corrected chi connectivity index (χ4v) is 0.881. The van der Waals surface area contributed by atoms with Crippen molar-refractivity contribution in [2.45, 2.75) is 18.6 Å². The van der Waals surface area contributed by atoms with E-state index < -0.39 is 30.6 Å². The van der Waals surface area contributed by atoms with Gasteiger partial charge in [0.15, 0.2) is 11.9 Å². The van der Waals surface area contributed by atoms with Gasteiger partial charge >= 0.3 is 5.97 Å². The number of aliphatic hydroxyl groups is 2. The van der Waals surface area contributed by atoms with Crippen molar-refractivity contribution in [3.63, 3.8) is 0 Å². The lowest BCUT2D eigenvalue weighted by molar-refractivity contribution is -0.148. The number of hydrogen-bond donors (Lipinski definition) is 2. The van der Waals surface area contributed by atoms with Crippen molar-refractivity contribution in [2.75, 3.05) is 6.61 Å². The second-order valence-corrected chi connectivity index (χ2v) is 2.30. The lowest BCUT2D eigenvalue weighted by atomic mass is 10.1. The number of carbonyl (C=O) groups is 2. The molecule has 0 aromatic rings. The first-order chi connectivity index (χ1) is 5.15. The quantitative estimate of drug-likeness (QED) is 0.368. The first kappa shape index (κ1) is 8.16. The largest absolute Gasteiger partial charge is 0.451 e. The first-order valence-electron chi connectivity index (χ1n) is 3.16. The van der Waals surface area contributed by atoms with Crippen molar-refractivity contribution in [3.05, 3.63) is 0 Å². The first-order valence-corrected chi connectivity index (χ1v) is 3.16. The van der Waals surface area contributed by atoms with Crippen LogP contribution in [-0.2, 0) is 14.3 Å². The van der Waals surface area contributed by atoms with Gasteiger partial charge in [0.05, 0.1) is 6.61 Å². The van der Waals surface area contributed by atoms with Crippen LogP contribution in [0, 0.1) is 0 Å². The maximum Gasteiger partial charge on any atom is 0.314 e. The Kier molecular flexibility index (Phi) is 2.21. The van der Waals surface area contributed by atoms with Crippen LogP contribution in [0.4, 0.5) is 0 Å². The third-order valence-electron chi connectivity index (χ3n) is 1.43. The van der Waals surface area contributed by atoms with Crippen LogP contribution in [0.5, 0.6) is 0 Å². The molecule has 1 aliphatic heterocycles. The Balaban J connectivity index is 2.59. The molecular weight excluding hydrogens is 152 g/mol. The Hall–Kier alpha value is -0.940. The number of hydrogen-bond acceptors (Lipinski definition) is 5. The molecule has 5 nitrogen and oxygen atoms in total. The van der Waals surface area contributed by atoms with E-state index in [1.54, 1.807) is 0 Å². The van der Waals surface area contributed by atoms with Crippen LogP contribution in [0.2, 0.25) is 0 Å². The van der Waals surface area contributed by atoms with Crippen LogP contribution in [0.25, 0.3) is 0 Å². The molecule has 0 aromatic carbocycles. The molecule has 5 heteroatoms. The molecule has 2 unspecified atom stereocenters. The average Bonchev–Trinajstić information content (AvgIpc) is 2.28. The van der Waals surface area contributed by atoms with Gasteiger partial charge in [-0.25, -0.2) is 0 Å². The molecule has 2 atom stereocenters. The van der Waals surface area contributed by atoms with Crippen molar-refractivity contribution in [1.29, 1.82) is 0 Å². The standard InChI is InChI=1S/C6H8O5/c7-2-4(9)6-3(8)1-5(10)11-6/h4,6-7,9H,1-2H2. The summed E-state index contributed by atoms with van der Waals surface area (Å²) in [5.74, 6) is -1.12. The summed E-state index contributed by atoms with van der Waals surface area (Å²) in [6, 6.07) is 0. The second kappa shape index (κ2) is 2.98. The molecule has 1 heterocycles. The van der Waals surface area contributed by atoms with E-state index in [1.807, 2.05) is 0 Å². The number of ketones is 1. The summed E-state index contributed by atoms with van der Waals surface area (Å²) in [6.45, 7) is -0.580. The smallest absolute Gasteiger partial charge is 0.314 e. The van der Waals surface area contributed by atoms with Crippen molar-refractivity contribution in [3.8, 4) is 0 Å². The second-order valence-electron chi connectivity index (χ2n) is 2.30.